The van der Waals surface area contributed by atoms with Gasteiger partial charge in [-0.1, -0.05) is 6.07 Å². The van der Waals surface area contributed by atoms with Crippen LogP contribution in [0.15, 0.2) is 53.9 Å². The van der Waals surface area contributed by atoms with Crippen molar-refractivity contribution in [1.29, 1.82) is 0 Å². The summed E-state index contributed by atoms with van der Waals surface area (Å²) in [6.45, 7) is 5.72. The molecule has 34 heavy (non-hydrogen) atoms. The fourth-order valence-corrected chi connectivity index (χ4v) is 5.44. The maximum atomic E-state index is 13.2. The zero-order valence-electron chi connectivity index (χ0n) is 19.4. The second-order valence-corrected chi connectivity index (χ2v) is 10.3. The number of hydrogen-bond donors (Lipinski definition) is 2. The maximum absolute atomic E-state index is 13.2. The highest BCUT2D eigenvalue weighted by molar-refractivity contribution is 7.92. The SMILES string of the molecule is COc1cc(-c2c[nH]c3ncc(C)c(NS(=O)(=O)c4ccc(C)cn4)c23)cc(N2CCCC2)c1. The Morgan fingerprint density at radius 1 is 1.06 bits per heavy atom. The van der Waals surface area contributed by atoms with Crippen LogP contribution in [0.1, 0.15) is 24.0 Å². The molecular weight excluding hydrogens is 450 g/mol. The monoisotopic (exact) mass is 477 g/mol. The molecule has 3 aromatic heterocycles. The van der Waals surface area contributed by atoms with E-state index in [1.807, 2.05) is 32.2 Å². The van der Waals surface area contributed by atoms with Crippen molar-refractivity contribution in [2.75, 3.05) is 29.8 Å². The minimum atomic E-state index is -3.89. The van der Waals surface area contributed by atoms with Crippen molar-refractivity contribution in [3.63, 3.8) is 0 Å². The average molecular weight is 478 g/mol. The average Bonchev–Trinajstić information content (AvgIpc) is 3.51. The Balaban J connectivity index is 1.64. The first-order valence-electron chi connectivity index (χ1n) is 11.2. The predicted molar refractivity (Wildman–Crippen MR) is 134 cm³/mol. The van der Waals surface area contributed by atoms with Crippen LogP contribution >= 0.6 is 0 Å². The molecule has 1 aliphatic rings. The number of aromatic nitrogens is 3. The van der Waals surface area contributed by atoms with E-state index in [4.69, 9.17) is 4.74 Å². The Morgan fingerprint density at radius 3 is 2.56 bits per heavy atom. The van der Waals surface area contributed by atoms with E-state index < -0.39 is 10.0 Å². The van der Waals surface area contributed by atoms with Crippen LogP contribution < -0.4 is 14.4 Å². The van der Waals surface area contributed by atoms with Gasteiger partial charge in [0.2, 0.25) is 0 Å². The fraction of sp³-hybridized carbons (Fsp3) is 0.280. The number of aryl methyl sites for hydroxylation is 2. The molecular formula is C25H27N5O3S. The number of fused-ring (bicyclic) bond motifs is 1. The molecule has 4 aromatic rings. The Kier molecular flexibility index (Phi) is 5.65. The lowest BCUT2D eigenvalue weighted by Crippen LogP contribution is -2.17. The van der Waals surface area contributed by atoms with Crippen molar-refractivity contribution in [3.05, 3.63) is 60.0 Å². The number of rotatable bonds is 6. The highest BCUT2D eigenvalue weighted by atomic mass is 32.2. The summed E-state index contributed by atoms with van der Waals surface area (Å²) in [5, 5.41) is 0.675. The number of benzene rings is 1. The maximum Gasteiger partial charge on any atom is 0.279 e. The summed E-state index contributed by atoms with van der Waals surface area (Å²) in [6.07, 6.45) is 7.40. The molecule has 176 valence electrons. The van der Waals surface area contributed by atoms with Gasteiger partial charge in [-0.3, -0.25) is 4.72 Å². The number of nitrogens with one attached hydrogen (secondary N) is 2. The molecule has 5 rings (SSSR count). The first kappa shape index (κ1) is 22.2. The quantitative estimate of drug-likeness (QED) is 0.419. The molecule has 0 unspecified atom stereocenters. The first-order chi connectivity index (χ1) is 16.4. The van der Waals surface area contributed by atoms with Crippen molar-refractivity contribution >= 4 is 32.4 Å². The van der Waals surface area contributed by atoms with E-state index in [1.54, 1.807) is 25.6 Å². The van der Waals surface area contributed by atoms with Crippen LogP contribution in [-0.2, 0) is 10.0 Å². The summed E-state index contributed by atoms with van der Waals surface area (Å²) in [5.41, 5.74) is 5.55. The lowest BCUT2D eigenvalue weighted by Gasteiger charge is -2.20. The number of aromatic amines is 1. The lowest BCUT2D eigenvalue weighted by molar-refractivity contribution is 0.415. The summed E-state index contributed by atoms with van der Waals surface area (Å²) in [6, 6.07) is 9.37. The van der Waals surface area contributed by atoms with E-state index in [0.717, 1.165) is 41.2 Å². The number of nitrogens with zero attached hydrogens (tertiary/aromatic N) is 3. The second-order valence-electron chi connectivity index (χ2n) is 8.64. The predicted octanol–water partition coefficient (Wildman–Crippen LogP) is 4.65. The van der Waals surface area contributed by atoms with Crippen LogP contribution in [0.4, 0.5) is 11.4 Å². The van der Waals surface area contributed by atoms with Crippen LogP contribution in [0.25, 0.3) is 22.2 Å². The van der Waals surface area contributed by atoms with E-state index in [2.05, 4.69) is 30.6 Å². The zero-order chi connectivity index (χ0) is 23.9. The van der Waals surface area contributed by atoms with Gasteiger partial charge >= 0.3 is 0 Å². The third-order valence-corrected chi connectivity index (χ3v) is 7.46. The van der Waals surface area contributed by atoms with Gasteiger partial charge < -0.3 is 14.6 Å². The minimum Gasteiger partial charge on any atom is -0.497 e. The van der Waals surface area contributed by atoms with Crippen molar-refractivity contribution in [2.24, 2.45) is 0 Å². The minimum absolute atomic E-state index is 0.0303. The number of pyridine rings is 2. The van der Waals surface area contributed by atoms with Crippen molar-refractivity contribution < 1.29 is 13.2 Å². The van der Waals surface area contributed by atoms with Crippen LogP contribution in [0.2, 0.25) is 0 Å². The van der Waals surface area contributed by atoms with Crippen LogP contribution in [0, 0.1) is 13.8 Å². The highest BCUT2D eigenvalue weighted by Gasteiger charge is 2.22. The molecule has 0 aliphatic carbocycles. The number of ether oxygens (including phenoxy) is 1. The van der Waals surface area contributed by atoms with Gasteiger partial charge in [-0.25, -0.2) is 9.97 Å². The van der Waals surface area contributed by atoms with Crippen LogP contribution in [-0.4, -0.2) is 43.6 Å². The first-order valence-corrected chi connectivity index (χ1v) is 12.7. The Labute approximate surface area is 199 Å². The molecule has 2 N–H and O–H groups in total. The number of hydrogen-bond acceptors (Lipinski definition) is 6. The molecule has 0 saturated carbocycles. The smallest absolute Gasteiger partial charge is 0.279 e. The largest absolute Gasteiger partial charge is 0.497 e. The molecule has 0 bridgehead atoms. The van der Waals surface area contributed by atoms with Crippen LogP contribution in [0.3, 0.4) is 0 Å². The molecule has 0 spiro atoms. The molecule has 4 heterocycles. The van der Waals surface area contributed by atoms with Gasteiger partial charge in [0.15, 0.2) is 5.03 Å². The van der Waals surface area contributed by atoms with Gasteiger partial charge in [0.1, 0.15) is 11.4 Å². The lowest BCUT2D eigenvalue weighted by atomic mass is 10.0. The van der Waals surface area contributed by atoms with E-state index in [0.29, 0.717) is 22.3 Å². The molecule has 8 nitrogen and oxygen atoms in total. The Hall–Kier alpha value is -3.59. The summed E-state index contributed by atoms with van der Waals surface area (Å²) < 4.78 is 34.7. The summed E-state index contributed by atoms with van der Waals surface area (Å²) in [7, 11) is -2.24. The van der Waals surface area contributed by atoms with E-state index in [9.17, 15) is 8.42 Å². The fourth-order valence-electron chi connectivity index (χ4n) is 4.36. The molecule has 0 amide bonds. The number of sulfonamides is 1. The standard InChI is InChI=1S/C25H27N5O3S/c1-16-6-7-22(26-13-16)34(31,32)29-24-17(2)14-27-25-23(24)21(15-28-25)18-10-19(12-20(11-18)33-3)30-8-4-5-9-30/h6-7,10-15H,4-5,8-9H2,1-3H3,(H2,27,28,29). The molecule has 1 saturated heterocycles. The normalized spacial score (nSPS) is 14.0. The van der Waals surface area contributed by atoms with Crippen molar-refractivity contribution in [1.82, 2.24) is 15.0 Å². The Morgan fingerprint density at radius 2 is 1.85 bits per heavy atom. The summed E-state index contributed by atoms with van der Waals surface area (Å²) >= 11 is 0. The molecule has 1 aliphatic heterocycles. The summed E-state index contributed by atoms with van der Waals surface area (Å²) in [5.74, 6) is 0.750. The van der Waals surface area contributed by atoms with Crippen molar-refractivity contribution in [2.45, 2.75) is 31.7 Å². The topological polar surface area (TPSA) is 100 Å². The van der Waals surface area contributed by atoms with Gasteiger partial charge in [-0.15, -0.1) is 0 Å². The molecule has 9 heteroatoms. The highest BCUT2D eigenvalue weighted by Crippen LogP contribution is 2.39. The molecule has 0 radical (unpaired) electrons. The van der Waals surface area contributed by atoms with E-state index in [1.165, 1.54) is 18.9 Å². The summed E-state index contributed by atoms with van der Waals surface area (Å²) in [4.78, 5) is 14.1. The van der Waals surface area contributed by atoms with E-state index >= 15 is 0 Å². The Bertz CT molecular complexity index is 1460. The van der Waals surface area contributed by atoms with E-state index in [-0.39, 0.29) is 5.03 Å². The van der Waals surface area contributed by atoms with Crippen LogP contribution in [0.5, 0.6) is 5.75 Å². The third-order valence-electron chi connectivity index (χ3n) is 6.20. The number of anilines is 2. The molecule has 1 aromatic carbocycles. The van der Waals surface area contributed by atoms with Crippen molar-refractivity contribution in [3.8, 4) is 16.9 Å². The van der Waals surface area contributed by atoms with Gasteiger partial charge in [0.25, 0.3) is 10.0 Å². The molecule has 0 atom stereocenters. The van der Waals surface area contributed by atoms with Gasteiger partial charge in [-0.2, -0.15) is 8.42 Å². The zero-order valence-corrected chi connectivity index (χ0v) is 20.2. The number of methoxy groups -OCH3 is 1. The van der Waals surface area contributed by atoms with Gasteiger partial charge in [0, 0.05) is 49.0 Å². The third kappa shape index (κ3) is 4.07. The van der Waals surface area contributed by atoms with Gasteiger partial charge in [0.05, 0.1) is 18.2 Å². The van der Waals surface area contributed by atoms with Gasteiger partial charge in [-0.05, 0) is 61.6 Å². The second kappa shape index (κ2) is 8.64. The number of H-pyrrole nitrogens is 1. The molecule has 1 fully saturated rings.